The summed E-state index contributed by atoms with van der Waals surface area (Å²) in [6.07, 6.45) is 1.93. The third-order valence-corrected chi connectivity index (χ3v) is 3.92. The van der Waals surface area contributed by atoms with Crippen LogP contribution in [-0.4, -0.2) is 61.7 Å². The molecule has 1 heterocycles. The van der Waals surface area contributed by atoms with Crippen LogP contribution in [0.5, 0.6) is 5.75 Å². The third-order valence-electron chi connectivity index (χ3n) is 3.48. The lowest BCUT2D eigenvalue weighted by atomic mass is 10.1. The Bertz CT molecular complexity index is 494. The predicted molar refractivity (Wildman–Crippen MR) is 109 cm³/mol. The van der Waals surface area contributed by atoms with Crippen molar-refractivity contribution in [1.82, 2.24) is 9.62 Å². The number of aromatic carboxylic acids is 1. The highest BCUT2D eigenvalue weighted by Crippen LogP contribution is 2.21. The average Bonchev–Trinajstić information content (AvgIpc) is 2.70. The Kier molecular flexibility index (Phi) is 15.2. The first-order valence-electron chi connectivity index (χ1n) is 9.25. The number of carboxylic acids is 1. The molecule has 2 N–H and O–H groups in total. The van der Waals surface area contributed by atoms with E-state index in [1.54, 1.807) is 18.2 Å². The van der Waals surface area contributed by atoms with Gasteiger partial charge in [-0.15, -0.1) is 0 Å². The van der Waals surface area contributed by atoms with Crippen molar-refractivity contribution in [1.29, 1.82) is 0 Å². The van der Waals surface area contributed by atoms with Crippen LogP contribution in [0.4, 0.5) is 0 Å². The zero-order valence-electron chi connectivity index (χ0n) is 16.7. The zero-order chi connectivity index (χ0) is 19.8. The van der Waals surface area contributed by atoms with Gasteiger partial charge in [0.05, 0.1) is 18.8 Å². The lowest BCUT2D eigenvalue weighted by molar-refractivity contribution is 0.0322. The molecular weight excluding hydrogens is 352 g/mol. The highest BCUT2D eigenvalue weighted by Gasteiger charge is 2.12. The Labute approximate surface area is 162 Å². The Morgan fingerprint density at radius 3 is 2.50 bits per heavy atom. The third kappa shape index (κ3) is 9.43. The van der Waals surface area contributed by atoms with Crippen molar-refractivity contribution >= 4 is 17.9 Å². The minimum absolute atomic E-state index is 0.276. The molecule has 0 amide bonds. The molecule has 0 aliphatic carbocycles. The largest absolute Gasteiger partial charge is 0.492 e. The number of benzene rings is 1. The van der Waals surface area contributed by atoms with Crippen molar-refractivity contribution < 1.29 is 19.4 Å². The van der Waals surface area contributed by atoms with Crippen LogP contribution in [0, 0.1) is 0 Å². The number of carboxylic acid groups (broad SMARTS) is 1. The standard InChI is InChI=1S/C15H22N2O4S.2C2H6/c1-22-16-11-13-10-12(15(18)19)2-3-14(13)21-9-6-17-4-7-20-8-5-17;2*1-2/h2-3,10,16H,4-9,11H2,1H3,(H,18,19);2*1-2H3. The first kappa shape index (κ1) is 24.7. The average molecular weight is 387 g/mol. The second-order valence-corrected chi connectivity index (χ2v) is 5.65. The summed E-state index contributed by atoms with van der Waals surface area (Å²) < 4.78 is 14.3. The first-order valence-corrected chi connectivity index (χ1v) is 10.5. The van der Waals surface area contributed by atoms with Crippen LogP contribution in [0.1, 0.15) is 43.6 Å². The smallest absolute Gasteiger partial charge is 0.335 e. The summed E-state index contributed by atoms with van der Waals surface area (Å²) in [7, 11) is 0. The Balaban J connectivity index is 0.00000146. The summed E-state index contributed by atoms with van der Waals surface area (Å²) in [4.78, 5) is 13.4. The molecule has 2 rings (SSSR count). The van der Waals surface area contributed by atoms with Crippen LogP contribution in [0.25, 0.3) is 0 Å². The van der Waals surface area contributed by atoms with E-state index in [-0.39, 0.29) is 5.56 Å². The molecule has 0 saturated carbocycles. The molecule has 1 fully saturated rings. The Morgan fingerprint density at radius 1 is 1.27 bits per heavy atom. The van der Waals surface area contributed by atoms with Gasteiger partial charge in [-0.05, 0) is 24.5 Å². The monoisotopic (exact) mass is 386 g/mol. The SMILES string of the molecule is CC.CC.CSNCc1cc(C(=O)O)ccc1OCCN1CCOCC1. The summed E-state index contributed by atoms with van der Waals surface area (Å²) in [5, 5.41) is 9.09. The van der Waals surface area contributed by atoms with Crippen LogP contribution >= 0.6 is 11.9 Å². The van der Waals surface area contributed by atoms with E-state index >= 15 is 0 Å². The van der Waals surface area contributed by atoms with E-state index in [0.29, 0.717) is 13.2 Å². The van der Waals surface area contributed by atoms with Crippen LogP contribution in [0.15, 0.2) is 18.2 Å². The van der Waals surface area contributed by atoms with E-state index < -0.39 is 5.97 Å². The topological polar surface area (TPSA) is 71.0 Å². The van der Waals surface area contributed by atoms with Crippen molar-refractivity contribution in [2.24, 2.45) is 0 Å². The van der Waals surface area contributed by atoms with Crippen molar-refractivity contribution in [2.45, 2.75) is 34.2 Å². The van der Waals surface area contributed by atoms with E-state index in [2.05, 4.69) is 9.62 Å². The van der Waals surface area contributed by atoms with Gasteiger partial charge < -0.3 is 14.6 Å². The summed E-state index contributed by atoms with van der Waals surface area (Å²) in [5.74, 6) is -0.190. The molecule has 1 aliphatic rings. The maximum atomic E-state index is 11.1. The molecule has 0 bridgehead atoms. The van der Waals surface area contributed by atoms with Crippen molar-refractivity contribution in [3.8, 4) is 5.75 Å². The van der Waals surface area contributed by atoms with Gasteiger partial charge in [-0.3, -0.25) is 9.62 Å². The highest BCUT2D eigenvalue weighted by molar-refractivity contribution is 7.96. The van der Waals surface area contributed by atoms with Crippen LogP contribution in [-0.2, 0) is 11.3 Å². The second kappa shape index (κ2) is 15.9. The van der Waals surface area contributed by atoms with E-state index in [9.17, 15) is 4.79 Å². The Hall–Kier alpha value is -1.28. The molecule has 150 valence electrons. The van der Waals surface area contributed by atoms with Crippen molar-refractivity contribution in [3.05, 3.63) is 29.3 Å². The summed E-state index contributed by atoms with van der Waals surface area (Å²) in [5.41, 5.74) is 1.13. The molecule has 0 atom stereocenters. The lowest BCUT2D eigenvalue weighted by Crippen LogP contribution is -2.38. The molecule has 1 aromatic rings. The number of nitrogens with one attached hydrogen (secondary N) is 1. The fourth-order valence-electron chi connectivity index (χ4n) is 2.25. The van der Waals surface area contributed by atoms with E-state index in [4.69, 9.17) is 14.6 Å². The van der Waals surface area contributed by atoms with E-state index in [1.165, 1.54) is 11.9 Å². The zero-order valence-corrected chi connectivity index (χ0v) is 17.5. The maximum absolute atomic E-state index is 11.1. The van der Waals surface area contributed by atoms with Crippen LogP contribution in [0.3, 0.4) is 0 Å². The number of hydrogen-bond donors (Lipinski definition) is 2. The molecule has 6 nitrogen and oxygen atoms in total. The van der Waals surface area contributed by atoms with E-state index in [0.717, 1.165) is 44.2 Å². The van der Waals surface area contributed by atoms with Gasteiger partial charge in [0.1, 0.15) is 12.4 Å². The lowest BCUT2D eigenvalue weighted by Gasteiger charge is -2.26. The van der Waals surface area contributed by atoms with Gasteiger partial charge in [0, 0.05) is 31.7 Å². The number of morpholine rings is 1. The number of rotatable bonds is 8. The normalized spacial score (nSPS) is 13.7. The fraction of sp³-hybridized carbons (Fsp3) is 0.632. The fourth-order valence-corrected chi connectivity index (χ4v) is 2.55. The molecule has 0 unspecified atom stereocenters. The maximum Gasteiger partial charge on any atom is 0.335 e. The molecule has 26 heavy (non-hydrogen) atoms. The van der Waals surface area contributed by atoms with Gasteiger partial charge in [-0.2, -0.15) is 0 Å². The number of ether oxygens (including phenoxy) is 2. The first-order chi connectivity index (χ1) is 12.7. The molecule has 1 aliphatic heterocycles. The van der Waals surface area contributed by atoms with Crippen molar-refractivity contribution in [3.63, 3.8) is 0 Å². The molecule has 0 radical (unpaired) electrons. The van der Waals surface area contributed by atoms with Gasteiger partial charge in [0.15, 0.2) is 0 Å². The summed E-state index contributed by atoms with van der Waals surface area (Å²) >= 11 is 1.49. The van der Waals surface area contributed by atoms with Crippen LogP contribution < -0.4 is 9.46 Å². The molecule has 1 aromatic carbocycles. The summed E-state index contributed by atoms with van der Waals surface area (Å²) in [6, 6.07) is 4.98. The van der Waals surface area contributed by atoms with E-state index in [1.807, 2.05) is 34.0 Å². The predicted octanol–water partition coefficient (Wildman–Crippen LogP) is 3.52. The van der Waals surface area contributed by atoms with Crippen LogP contribution in [0.2, 0.25) is 0 Å². The molecular formula is C19H34N2O4S. The van der Waals surface area contributed by atoms with Gasteiger partial charge in [0.2, 0.25) is 0 Å². The molecule has 1 saturated heterocycles. The minimum atomic E-state index is -0.926. The molecule has 7 heteroatoms. The second-order valence-electron chi connectivity index (χ2n) is 4.96. The summed E-state index contributed by atoms with van der Waals surface area (Å²) in [6.45, 7) is 13.4. The number of carbonyl (C=O) groups is 1. The van der Waals surface area contributed by atoms with Gasteiger partial charge in [-0.1, -0.05) is 39.6 Å². The van der Waals surface area contributed by atoms with Crippen molar-refractivity contribution in [2.75, 3.05) is 45.7 Å². The minimum Gasteiger partial charge on any atom is -0.492 e. The highest BCUT2D eigenvalue weighted by atomic mass is 32.2. The molecule has 0 spiro atoms. The van der Waals surface area contributed by atoms with Gasteiger partial charge >= 0.3 is 5.97 Å². The Morgan fingerprint density at radius 2 is 1.92 bits per heavy atom. The molecule has 0 aromatic heterocycles. The number of nitrogens with zero attached hydrogens (tertiary/aromatic N) is 1. The number of hydrogen-bond acceptors (Lipinski definition) is 6. The van der Waals surface area contributed by atoms with Gasteiger partial charge in [-0.25, -0.2) is 4.79 Å². The van der Waals surface area contributed by atoms with Gasteiger partial charge in [0.25, 0.3) is 0 Å². The quantitative estimate of drug-likeness (QED) is 0.662.